The van der Waals surface area contributed by atoms with Gasteiger partial charge in [0.2, 0.25) is 5.75 Å². The van der Waals surface area contributed by atoms with Crippen molar-refractivity contribution in [2.75, 3.05) is 27.1 Å². The van der Waals surface area contributed by atoms with Crippen molar-refractivity contribution < 1.29 is 19.0 Å². The molecule has 1 heterocycles. The van der Waals surface area contributed by atoms with Crippen LogP contribution in [0, 0.1) is 0 Å². The van der Waals surface area contributed by atoms with Gasteiger partial charge in [-0.1, -0.05) is 18.2 Å². The number of hydrogen-bond acceptors (Lipinski definition) is 5. The first-order valence-electron chi connectivity index (χ1n) is 8.00. The van der Waals surface area contributed by atoms with Gasteiger partial charge in [-0.15, -0.1) is 11.8 Å². The van der Waals surface area contributed by atoms with Crippen LogP contribution < -0.4 is 19.5 Å². The smallest absolute Gasteiger partial charge is 0.252 e. The van der Waals surface area contributed by atoms with Crippen molar-refractivity contribution in [3.8, 4) is 17.2 Å². The predicted molar refractivity (Wildman–Crippen MR) is 98.1 cm³/mol. The molecule has 2 aromatic carbocycles. The van der Waals surface area contributed by atoms with Gasteiger partial charge in [0.1, 0.15) is 0 Å². The molecule has 132 valence electrons. The van der Waals surface area contributed by atoms with E-state index < -0.39 is 0 Å². The Kier molecular flexibility index (Phi) is 5.38. The molecule has 2 aromatic rings. The molecule has 0 aromatic heterocycles. The van der Waals surface area contributed by atoms with Crippen molar-refractivity contribution >= 4 is 17.7 Å². The number of hydrogen-bond donors (Lipinski definition) is 1. The van der Waals surface area contributed by atoms with E-state index in [-0.39, 0.29) is 11.9 Å². The fourth-order valence-electron chi connectivity index (χ4n) is 2.95. The van der Waals surface area contributed by atoms with Gasteiger partial charge in [0.15, 0.2) is 11.5 Å². The van der Waals surface area contributed by atoms with Crippen molar-refractivity contribution in [2.45, 2.75) is 17.4 Å². The maximum atomic E-state index is 12.8. The van der Waals surface area contributed by atoms with E-state index in [1.807, 2.05) is 23.9 Å². The number of carbonyl (C=O) groups excluding carboxylic acids is 1. The molecule has 0 saturated heterocycles. The standard InChI is InChI=1S/C19H21NO4S/c1-22-15-10-12(11-16(23-2)18(15)24-3)19(21)20-14-8-9-25-17-7-5-4-6-13(14)17/h4-7,10-11,14H,8-9H2,1-3H3,(H,20,21)/t14-/m1/s1. The lowest BCUT2D eigenvalue weighted by Gasteiger charge is -2.26. The van der Waals surface area contributed by atoms with Crippen LogP contribution in [0.5, 0.6) is 17.2 Å². The van der Waals surface area contributed by atoms with Crippen molar-refractivity contribution in [1.29, 1.82) is 0 Å². The lowest BCUT2D eigenvalue weighted by Crippen LogP contribution is -2.30. The molecule has 3 rings (SSSR count). The number of nitrogens with one attached hydrogen (secondary N) is 1. The van der Waals surface area contributed by atoms with E-state index in [4.69, 9.17) is 14.2 Å². The second-order valence-corrected chi connectivity index (χ2v) is 6.75. The first-order valence-corrected chi connectivity index (χ1v) is 8.99. The molecule has 1 amide bonds. The van der Waals surface area contributed by atoms with Crippen molar-refractivity contribution in [3.05, 3.63) is 47.5 Å². The van der Waals surface area contributed by atoms with Gasteiger partial charge >= 0.3 is 0 Å². The number of fused-ring (bicyclic) bond motifs is 1. The Morgan fingerprint density at radius 1 is 1.08 bits per heavy atom. The second kappa shape index (κ2) is 7.70. The second-order valence-electron chi connectivity index (χ2n) is 5.62. The van der Waals surface area contributed by atoms with Crippen LogP contribution in [0.25, 0.3) is 0 Å². The van der Waals surface area contributed by atoms with E-state index >= 15 is 0 Å². The van der Waals surface area contributed by atoms with E-state index in [1.165, 1.54) is 31.8 Å². The Hall–Kier alpha value is -2.34. The SMILES string of the molecule is COc1cc(C(=O)N[C@@H]2CCSc3ccccc32)cc(OC)c1OC. The summed E-state index contributed by atoms with van der Waals surface area (Å²) in [6, 6.07) is 11.5. The van der Waals surface area contributed by atoms with Gasteiger partial charge < -0.3 is 19.5 Å². The van der Waals surface area contributed by atoms with Crippen molar-refractivity contribution in [2.24, 2.45) is 0 Å². The molecule has 5 nitrogen and oxygen atoms in total. The average molecular weight is 359 g/mol. The van der Waals surface area contributed by atoms with Gasteiger partial charge in [0, 0.05) is 16.2 Å². The number of ether oxygens (including phenoxy) is 3. The molecular formula is C19H21NO4S. The Morgan fingerprint density at radius 2 is 1.76 bits per heavy atom. The quantitative estimate of drug-likeness (QED) is 0.883. The van der Waals surface area contributed by atoms with E-state index in [0.717, 1.165) is 12.2 Å². The fourth-order valence-corrected chi connectivity index (χ4v) is 4.07. The summed E-state index contributed by atoms with van der Waals surface area (Å²) in [7, 11) is 4.61. The summed E-state index contributed by atoms with van der Waals surface area (Å²) in [6.45, 7) is 0. The summed E-state index contributed by atoms with van der Waals surface area (Å²) >= 11 is 1.82. The van der Waals surface area contributed by atoms with E-state index in [0.29, 0.717) is 22.8 Å². The molecule has 1 aliphatic rings. The predicted octanol–water partition coefficient (Wildman–Crippen LogP) is 3.68. The number of benzene rings is 2. The largest absolute Gasteiger partial charge is 0.493 e. The first kappa shape index (κ1) is 17.5. The van der Waals surface area contributed by atoms with Gasteiger partial charge in [-0.25, -0.2) is 0 Å². The normalized spacial score (nSPS) is 15.9. The number of rotatable bonds is 5. The van der Waals surface area contributed by atoms with Crippen LogP contribution in [0.2, 0.25) is 0 Å². The highest BCUT2D eigenvalue weighted by Gasteiger charge is 2.24. The summed E-state index contributed by atoms with van der Waals surface area (Å²) in [6.07, 6.45) is 0.901. The minimum Gasteiger partial charge on any atom is -0.493 e. The van der Waals surface area contributed by atoms with Crippen molar-refractivity contribution in [3.63, 3.8) is 0 Å². The Bertz CT molecular complexity index is 753. The number of carbonyl (C=O) groups is 1. The van der Waals surface area contributed by atoms with Gasteiger partial charge in [0.05, 0.1) is 27.4 Å². The molecule has 0 spiro atoms. The van der Waals surface area contributed by atoms with Crippen LogP contribution in [0.1, 0.15) is 28.4 Å². The molecule has 25 heavy (non-hydrogen) atoms. The lowest BCUT2D eigenvalue weighted by atomic mass is 10.0. The Labute approximate surface area is 151 Å². The Balaban J connectivity index is 1.87. The summed E-state index contributed by atoms with van der Waals surface area (Å²) in [4.78, 5) is 14.0. The molecule has 6 heteroatoms. The monoisotopic (exact) mass is 359 g/mol. The minimum absolute atomic E-state index is 0.00374. The molecule has 1 atom stereocenters. The van der Waals surface area contributed by atoms with Gasteiger partial charge in [0.25, 0.3) is 5.91 Å². The molecule has 1 aliphatic heterocycles. The first-order chi connectivity index (χ1) is 12.2. The number of methoxy groups -OCH3 is 3. The van der Waals surface area contributed by atoms with E-state index in [9.17, 15) is 4.79 Å². The maximum Gasteiger partial charge on any atom is 0.252 e. The molecule has 0 fully saturated rings. The molecule has 0 unspecified atom stereocenters. The highest BCUT2D eigenvalue weighted by atomic mass is 32.2. The highest BCUT2D eigenvalue weighted by molar-refractivity contribution is 7.99. The van der Waals surface area contributed by atoms with Gasteiger partial charge in [-0.05, 0) is 30.2 Å². The molecular weight excluding hydrogens is 338 g/mol. The molecule has 0 saturated carbocycles. The minimum atomic E-state index is -0.161. The number of thioether (sulfide) groups is 1. The lowest BCUT2D eigenvalue weighted by molar-refractivity contribution is 0.0934. The van der Waals surface area contributed by atoms with Crippen LogP contribution in [0.3, 0.4) is 0 Å². The molecule has 0 radical (unpaired) electrons. The topological polar surface area (TPSA) is 56.8 Å². The molecule has 0 bridgehead atoms. The van der Waals surface area contributed by atoms with E-state index in [2.05, 4.69) is 17.4 Å². The zero-order valence-corrected chi connectivity index (χ0v) is 15.3. The molecule has 0 aliphatic carbocycles. The van der Waals surface area contributed by atoms with Crippen molar-refractivity contribution in [1.82, 2.24) is 5.32 Å². The summed E-state index contributed by atoms with van der Waals surface area (Å²) in [5.74, 6) is 2.22. The third-order valence-corrected chi connectivity index (χ3v) is 5.31. The highest BCUT2D eigenvalue weighted by Crippen LogP contribution is 2.39. The maximum absolute atomic E-state index is 12.8. The summed E-state index contributed by atoms with van der Waals surface area (Å²) in [5, 5.41) is 3.13. The van der Waals surface area contributed by atoms with Crippen LogP contribution in [0.4, 0.5) is 0 Å². The average Bonchev–Trinajstić information content (AvgIpc) is 2.66. The number of amides is 1. The third-order valence-electron chi connectivity index (χ3n) is 4.19. The van der Waals surface area contributed by atoms with Gasteiger partial charge in [-0.3, -0.25) is 4.79 Å². The fraction of sp³-hybridized carbons (Fsp3) is 0.316. The van der Waals surface area contributed by atoms with Crippen LogP contribution in [-0.4, -0.2) is 33.0 Å². The zero-order chi connectivity index (χ0) is 17.8. The Morgan fingerprint density at radius 3 is 2.40 bits per heavy atom. The van der Waals surface area contributed by atoms with Crippen LogP contribution >= 0.6 is 11.8 Å². The van der Waals surface area contributed by atoms with Gasteiger partial charge in [-0.2, -0.15) is 0 Å². The molecule has 1 N–H and O–H groups in total. The van der Waals surface area contributed by atoms with Crippen LogP contribution in [0.15, 0.2) is 41.3 Å². The summed E-state index contributed by atoms with van der Waals surface area (Å²) < 4.78 is 16.0. The van der Waals surface area contributed by atoms with Crippen LogP contribution in [-0.2, 0) is 0 Å². The third kappa shape index (κ3) is 3.54. The zero-order valence-electron chi connectivity index (χ0n) is 14.5. The summed E-state index contributed by atoms with van der Waals surface area (Å²) in [5.41, 5.74) is 1.64. The van der Waals surface area contributed by atoms with E-state index in [1.54, 1.807) is 12.1 Å².